The summed E-state index contributed by atoms with van der Waals surface area (Å²) in [5.74, 6) is 2.03. The highest BCUT2D eigenvalue weighted by atomic mass is 32.2. The van der Waals surface area contributed by atoms with E-state index in [2.05, 4.69) is 24.0 Å². The molecule has 0 aliphatic carbocycles. The maximum Gasteiger partial charge on any atom is 0.234 e. The third-order valence-electron chi connectivity index (χ3n) is 2.85. The molecular weight excluding hydrogens is 294 g/mol. The molecule has 0 atom stereocenters. The number of benzene rings is 2. The van der Waals surface area contributed by atoms with Crippen LogP contribution in [-0.2, 0) is 10.5 Å². The topological polar surface area (TPSA) is 38.3 Å². The molecule has 4 heteroatoms. The number of anilines is 1. The fraction of sp³-hybridized carbons (Fsp3) is 0.167. The third-order valence-corrected chi connectivity index (χ3v) is 3.85. The van der Waals surface area contributed by atoms with Gasteiger partial charge in [-0.15, -0.1) is 11.8 Å². The molecule has 0 fully saturated rings. The smallest absolute Gasteiger partial charge is 0.234 e. The standard InChI is InChI=1S/C18H19NO2S/c1-2-12-21-17-10-8-16(9-11-17)19-18(20)14-22-13-15-6-4-3-5-7-15/h2-11H,1,12-14H2,(H,19,20). The maximum absolute atomic E-state index is 11.9. The van der Waals surface area contributed by atoms with Crippen LogP contribution in [0, 0.1) is 0 Å². The second kappa shape index (κ2) is 8.95. The monoisotopic (exact) mass is 313 g/mol. The lowest BCUT2D eigenvalue weighted by Gasteiger charge is -2.07. The van der Waals surface area contributed by atoms with Gasteiger partial charge in [0.05, 0.1) is 5.75 Å². The Labute approximate surface area is 135 Å². The van der Waals surface area contributed by atoms with E-state index in [1.54, 1.807) is 17.8 Å². The molecule has 0 saturated carbocycles. The van der Waals surface area contributed by atoms with Gasteiger partial charge in [0.25, 0.3) is 0 Å². The van der Waals surface area contributed by atoms with Crippen molar-refractivity contribution in [1.82, 2.24) is 0 Å². The van der Waals surface area contributed by atoms with Gasteiger partial charge in [0.15, 0.2) is 0 Å². The van der Waals surface area contributed by atoms with Gasteiger partial charge in [0, 0.05) is 11.4 Å². The minimum absolute atomic E-state index is 0.000640. The first kappa shape index (κ1) is 16.2. The molecule has 2 aromatic carbocycles. The van der Waals surface area contributed by atoms with Crippen molar-refractivity contribution < 1.29 is 9.53 Å². The molecule has 0 bridgehead atoms. The Kier molecular flexibility index (Phi) is 6.58. The van der Waals surface area contributed by atoms with Crippen LogP contribution in [0.1, 0.15) is 5.56 Å². The summed E-state index contributed by atoms with van der Waals surface area (Å²) < 4.78 is 5.39. The second-order valence-electron chi connectivity index (χ2n) is 4.65. The molecule has 0 radical (unpaired) electrons. The van der Waals surface area contributed by atoms with Crippen molar-refractivity contribution in [2.24, 2.45) is 0 Å². The van der Waals surface area contributed by atoms with Crippen LogP contribution in [0.15, 0.2) is 67.3 Å². The molecule has 0 aromatic heterocycles. The van der Waals surface area contributed by atoms with Gasteiger partial charge < -0.3 is 10.1 Å². The summed E-state index contributed by atoms with van der Waals surface area (Å²) in [6.45, 7) is 4.07. The Balaban J connectivity index is 1.73. The van der Waals surface area contributed by atoms with E-state index < -0.39 is 0 Å². The van der Waals surface area contributed by atoms with Crippen LogP contribution < -0.4 is 10.1 Å². The first-order valence-corrected chi connectivity index (χ1v) is 8.18. The van der Waals surface area contributed by atoms with Gasteiger partial charge in [0.1, 0.15) is 12.4 Å². The van der Waals surface area contributed by atoms with Crippen LogP contribution in [0.3, 0.4) is 0 Å². The predicted molar refractivity (Wildman–Crippen MR) is 93.4 cm³/mol. The number of nitrogens with one attached hydrogen (secondary N) is 1. The number of carbonyl (C=O) groups is 1. The van der Waals surface area contributed by atoms with Gasteiger partial charge in [-0.25, -0.2) is 0 Å². The van der Waals surface area contributed by atoms with Gasteiger partial charge in [-0.3, -0.25) is 4.79 Å². The highest BCUT2D eigenvalue weighted by Crippen LogP contribution is 2.17. The summed E-state index contributed by atoms with van der Waals surface area (Å²) in [4.78, 5) is 11.9. The lowest BCUT2D eigenvalue weighted by molar-refractivity contribution is -0.113. The molecule has 114 valence electrons. The van der Waals surface area contributed by atoms with Crippen molar-refractivity contribution in [2.45, 2.75) is 5.75 Å². The maximum atomic E-state index is 11.9. The Bertz CT molecular complexity index is 596. The van der Waals surface area contributed by atoms with Gasteiger partial charge in [0.2, 0.25) is 5.91 Å². The van der Waals surface area contributed by atoms with Crippen molar-refractivity contribution in [3.63, 3.8) is 0 Å². The Morgan fingerprint density at radius 2 is 1.86 bits per heavy atom. The molecule has 1 amide bonds. The molecule has 0 aliphatic heterocycles. The van der Waals surface area contributed by atoms with Crippen molar-refractivity contribution in [3.05, 3.63) is 72.8 Å². The summed E-state index contributed by atoms with van der Waals surface area (Å²) in [6.07, 6.45) is 1.69. The first-order valence-electron chi connectivity index (χ1n) is 7.03. The number of carbonyl (C=O) groups excluding carboxylic acids is 1. The molecule has 22 heavy (non-hydrogen) atoms. The predicted octanol–water partition coefficient (Wildman–Crippen LogP) is 4.12. The normalized spacial score (nSPS) is 10.0. The molecule has 0 heterocycles. The number of rotatable bonds is 8. The van der Waals surface area contributed by atoms with Crippen molar-refractivity contribution in [2.75, 3.05) is 17.7 Å². The van der Waals surface area contributed by atoms with E-state index in [4.69, 9.17) is 4.74 Å². The highest BCUT2D eigenvalue weighted by molar-refractivity contribution is 7.99. The van der Waals surface area contributed by atoms with Gasteiger partial charge in [-0.2, -0.15) is 0 Å². The van der Waals surface area contributed by atoms with Gasteiger partial charge in [-0.05, 0) is 29.8 Å². The molecule has 0 spiro atoms. The van der Waals surface area contributed by atoms with Crippen LogP contribution in [0.25, 0.3) is 0 Å². The molecule has 0 saturated heterocycles. The summed E-state index contributed by atoms with van der Waals surface area (Å²) in [5, 5.41) is 2.88. The van der Waals surface area contributed by atoms with E-state index in [0.717, 1.165) is 17.2 Å². The van der Waals surface area contributed by atoms with E-state index in [1.807, 2.05) is 42.5 Å². The van der Waals surface area contributed by atoms with E-state index in [0.29, 0.717) is 12.4 Å². The minimum Gasteiger partial charge on any atom is -0.490 e. The largest absolute Gasteiger partial charge is 0.490 e. The summed E-state index contributed by atoms with van der Waals surface area (Å²) >= 11 is 1.60. The second-order valence-corrected chi connectivity index (χ2v) is 5.64. The van der Waals surface area contributed by atoms with Crippen LogP contribution in [0.4, 0.5) is 5.69 Å². The third kappa shape index (κ3) is 5.66. The van der Waals surface area contributed by atoms with Crippen LogP contribution in [-0.4, -0.2) is 18.3 Å². The molecule has 0 unspecified atom stereocenters. The number of thioether (sulfide) groups is 1. The molecule has 3 nitrogen and oxygen atoms in total. The van der Waals surface area contributed by atoms with Crippen LogP contribution in [0.2, 0.25) is 0 Å². The number of hydrogen-bond donors (Lipinski definition) is 1. The van der Waals surface area contributed by atoms with E-state index in [9.17, 15) is 4.79 Å². The summed E-state index contributed by atoms with van der Waals surface area (Å²) in [5.41, 5.74) is 2.00. The number of hydrogen-bond acceptors (Lipinski definition) is 3. The molecule has 1 N–H and O–H groups in total. The average Bonchev–Trinajstić information content (AvgIpc) is 2.55. The Morgan fingerprint density at radius 3 is 2.55 bits per heavy atom. The first-order chi connectivity index (χ1) is 10.8. The molecule has 2 aromatic rings. The quantitative estimate of drug-likeness (QED) is 0.745. The average molecular weight is 313 g/mol. The molecular formula is C18H19NO2S. The zero-order valence-corrected chi connectivity index (χ0v) is 13.1. The van der Waals surface area contributed by atoms with Gasteiger partial charge in [-0.1, -0.05) is 43.0 Å². The Morgan fingerprint density at radius 1 is 1.14 bits per heavy atom. The zero-order chi connectivity index (χ0) is 15.6. The lowest BCUT2D eigenvalue weighted by Crippen LogP contribution is -2.14. The van der Waals surface area contributed by atoms with Crippen LogP contribution >= 0.6 is 11.8 Å². The molecule has 0 aliphatic rings. The van der Waals surface area contributed by atoms with Gasteiger partial charge >= 0.3 is 0 Å². The highest BCUT2D eigenvalue weighted by Gasteiger charge is 2.03. The van der Waals surface area contributed by atoms with Crippen molar-refractivity contribution in [1.29, 1.82) is 0 Å². The summed E-state index contributed by atoms with van der Waals surface area (Å²) in [6, 6.07) is 17.4. The molecule has 2 rings (SSSR count). The van der Waals surface area contributed by atoms with E-state index in [1.165, 1.54) is 5.56 Å². The van der Waals surface area contributed by atoms with E-state index in [-0.39, 0.29) is 5.91 Å². The van der Waals surface area contributed by atoms with Crippen molar-refractivity contribution >= 4 is 23.4 Å². The SMILES string of the molecule is C=CCOc1ccc(NC(=O)CSCc2ccccc2)cc1. The minimum atomic E-state index is 0.000640. The Hall–Kier alpha value is -2.20. The lowest BCUT2D eigenvalue weighted by atomic mass is 10.2. The number of amides is 1. The van der Waals surface area contributed by atoms with Crippen molar-refractivity contribution in [3.8, 4) is 5.75 Å². The van der Waals surface area contributed by atoms with Crippen LogP contribution in [0.5, 0.6) is 5.75 Å². The zero-order valence-electron chi connectivity index (χ0n) is 12.3. The number of ether oxygens (including phenoxy) is 1. The fourth-order valence-corrected chi connectivity index (χ4v) is 2.61. The summed E-state index contributed by atoms with van der Waals surface area (Å²) in [7, 11) is 0. The fourth-order valence-electron chi connectivity index (χ4n) is 1.82. The van der Waals surface area contributed by atoms with E-state index >= 15 is 0 Å².